The fourth-order valence-corrected chi connectivity index (χ4v) is 1.19. The Kier molecular flexibility index (Phi) is 1.96. The van der Waals surface area contributed by atoms with Crippen LogP contribution in [0.5, 0.6) is 5.75 Å². The molecule has 0 spiro atoms. The van der Waals surface area contributed by atoms with Crippen LogP contribution in [0.25, 0.3) is 6.08 Å². The molecule has 1 aromatic rings. The van der Waals surface area contributed by atoms with E-state index in [0.717, 1.165) is 11.3 Å². The number of hydrogen-bond donors (Lipinski definition) is 0. The predicted octanol–water partition coefficient (Wildman–Crippen LogP) is 2.80. The van der Waals surface area contributed by atoms with E-state index in [2.05, 4.69) is 21.1 Å². The van der Waals surface area contributed by atoms with Crippen LogP contribution in [0.2, 0.25) is 0 Å². The minimum Gasteiger partial charge on any atom is -0.355 e. The summed E-state index contributed by atoms with van der Waals surface area (Å²) in [4.78, 5) is 5.14. The first-order valence-electron chi connectivity index (χ1n) is 3.54. The van der Waals surface area contributed by atoms with Crippen LogP contribution in [0.15, 0.2) is 35.5 Å². The van der Waals surface area contributed by atoms with Crippen molar-refractivity contribution in [2.24, 2.45) is 5.16 Å². The number of benzene rings is 1. The molecule has 12 heavy (non-hydrogen) atoms. The summed E-state index contributed by atoms with van der Waals surface area (Å²) in [6.45, 7) is 0. The molecule has 0 fully saturated rings. The van der Waals surface area contributed by atoms with Gasteiger partial charge in [-0.05, 0) is 34.1 Å². The zero-order valence-corrected chi connectivity index (χ0v) is 7.78. The highest BCUT2D eigenvalue weighted by Crippen LogP contribution is 2.22. The molecule has 0 amide bonds. The van der Waals surface area contributed by atoms with Crippen LogP contribution in [-0.2, 0) is 0 Å². The SMILES string of the molecule is BrC1=NOc2ccccc2C=C1. The Morgan fingerprint density at radius 3 is 2.92 bits per heavy atom. The zero-order chi connectivity index (χ0) is 8.39. The van der Waals surface area contributed by atoms with Crippen molar-refractivity contribution in [2.75, 3.05) is 0 Å². The van der Waals surface area contributed by atoms with Gasteiger partial charge in [-0.2, -0.15) is 0 Å². The molecule has 0 unspecified atom stereocenters. The standard InChI is InChI=1S/C9H6BrNO/c10-9-6-5-7-3-1-2-4-8(7)12-11-9/h1-6H. The second-order valence-corrected chi connectivity index (χ2v) is 3.19. The Bertz CT molecular complexity index is 357. The largest absolute Gasteiger partial charge is 0.355 e. The van der Waals surface area contributed by atoms with Crippen molar-refractivity contribution in [2.45, 2.75) is 0 Å². The summed E-state index contributed by atoms with van der Waals surface area (Å²) in [5.74, 6) is 0.781. The molecular formula is C9H6BrNO. The lowest BCUT2D eigenvalue weighted by Gasteiger charge is -1.99. The Labute approximate surface area is 78.7 Å². The van der Waals surface area contributed by atoms with E-state index in [9.17, 15) is 0 Å². The number of fused-ring (bicyclic) bond motifs is 1. The van der Waals surface area contributed by atoms with E-state index in [1.54, 1.807) is 0 Å². The average Bonchev–Trinajstić information content (AvgIpc) is 2.29. The molecule has 0 aliphatic carbocycles. The van der Waals surface area contributed by atoms with Crippen molar-refractivity contribution in [1.29, 1.82) is 0 Å². The van der Waals surface area contributed by atoms with Gasteiger partial charge in [0.25, 0.3) is 0 Å². The molecule has 3 heteroatoms. The number of hydrogen-bond acceptors (Lipinski definition) is 2. The van der Waals surface area contributed by atoms with Crippen LogP contribution in [-0.4, -0.2) is 4.62 Å². The smallest absolute Gasteiger partial charge is 0.165 e. The first-order valence-corrected chi connectivity index (χ1v) is 4.33. The molecule has 0 aromatic heterocycles. The number of para-hydroxylation sites is 1. The van der Waals surface area contributed by atoms with Crippen molar-refractivity contribution in [3.05, 3.63) is 35.9 Å². The van der Waals surface area contributed by atoms with E-state index in [4.69, 9.17) is 4.84 Å². The maximum absolute atomic E-state index is 5.14. The van der Waals surface area contributed by atoms with Crippen LogP contribution in [0.4, 0.5) is 0 Å². The molecule has 0 saturated heterocycles. The van der Waals surface area contributed by atoms with Gasteiger partial charge in [0.15, 0.2) is 5.75 Å². The maximum Gasteiger partial charge on any atom is 0.165 e. The number of halogens is 1. The van der Waals surface area contributed by atoms with Gasteiger partial charge in [-0.3, -0.25) is 0 Å². The summed E-state index contributed by atoms with van der Waals surface area (Å²) < 4.78 is 0.693. The summed E-state index contributed by atoms with van der Waals surface area (Å²) in [7, 11) is 0. The monoisotopic (exact) mass is 223 g/mol. The fraction of sp³-hybridized carbons (Fsp3) is 0. The van der Waals surface area contributed by atoms with Gasteiger partial charge in [-0.1, -0.05) is 23.4 Å². The first-order chi connectivity index (χ1) is 5.86. The van der Waals surface area contributed by atoms with E-state index >= 15 is 0 Å². The zero-order valence-electron chi connectivity index (χ0n) is 6.20. The quantitative estimate of drug-likeness (QED) is 0.663. The summed E-state index contributed by atoms with van der Waals surface area (Å²) in [6, 6.07) is 7.74. The maximum atomic E-state index is 5.14. The molecule has 2 nitrogen and oxygen atoms in total. The van der Waals surface area contributed by atoms with Crippen molar-refractivity contribution < 1.29 is 4.84 Å². The molecule has 1 aliphatic heterocycles. The Balaban J connectivity index is 2.48. The van der Waals surface area contributed by atoms with Gasteiger partial charge in [0, 0.05) is 5.56 Å². The molecule has 1 aliphatic rings. The summed E-state index contributed by atoms with van der Waals surface area (Å²) in [5, 5.41) is 3.81. The van der Waals surface area contributed by atoms with Crippen LogP contribution >= 0.6 is 15.9 Å². The Morgan fingerprint density at radius 2 is 2.00 bits per heavy atom. The molecule has 0 radical (unpaired) electrons. The third-order valence-corrected chi connectivity index (χ3v) is 1.96. The molecule has 1 aromatic carbocycles. The molecule has 60 valence electrons. The van der Waals surface area contributed by atoms with Crippen LogP contribution < -0.4 is 4.84 Å². The van der Waals surface area contributed by atoms with Crippen molar-refractivity contribution in [1.82, 2.24) is 0 Å². The summed E-state index contributed by atoms with van der Waals surface area (Å²) >= 11 is 3.24. The van der Waals surface area contributed by atoms with Crippen molar-refractivity contribution >= 4 is 26.6 Å². The highest BCUT2D eigenvalue weighted by Gasteiger charge is 2.02. The minimum atomic E-state index is 0.693. The predicted molar refractivity (Wildman–Crippen MR) is 52.5 cm³/mol. The summed E-state index contributed by atoms with van der Waals surface area (Å²) in [6.07, 6.45) is 3.81. The second kappa shape index (κ2) is 3.11. The lowest BCUT2D eigenvalue weighted by molar-refractivity contribution is 0.343. The molecule has 2 rings (SSSR count). The van der Waals surface area contributed by atoms with Gasteiger partial charge in [0.2, 0.25) is 0 Å². The first kappa shape index (κ1) is 7.55. The minimum absolute atomic E-state index is 0.693. The highest BCUT2D eigenvalue weighted by molar-refractivity contribution is 9.18. The third-order valence-electron chi connectivity index (χ3n) is 1.55. The topological polar surface area (TPSA) is 21.6 Å². The lowest BCUT2D eigenvalue weighted by Crippen LogP contribution is -1.85. The van der Waals surface area contributed by atoms with E-state index in [0.29, 0.717) is 4.62 Å². The van der Waals surface area contributed by atoms with Gasteiger partial charge < -0.3 is 4.84 Å². The molecule has 0 atom stereocenters. The number of oxime groups is 1. The number of rotatable bonds is 0. The van der Waals surface area contributed by atoms with Gasteiger partial charge in [0.1, 0.15) is 4.62 Å². The van der Waals surface area contributed by atoms with Crippen LogP contribution in [0, 0.1) is 0 Å². The molecule has 0 saturated carbocycles. The summed E-state index contributed by atoms with van der Waals surface area (Å²) in [5.41, 5.74) is 1.04. The second-order valence-electron chi connectivity index (χ2n) is 2.38. The lowest BCUT2D eigenvalue weighted by atomic mass is 10.2. The Morgan fingerprint density at radius 1 is 1.17 bits per heavy atom. The fourth-order valence-electron chi connectivity index (χ4n) is 0.983. The van der Waals surface area contributed by atoms with E-state index in [1.165, 1.54) is 0 Å². The van der Waals surface area contributed by atoms with Crippen LogP contribution in [0.3, 0.4) is 0 Å². The van der Waals surface area contributed by atoms with E-state index < -0.39 is 0 Å². The van der Waals surface area contributed by atoms with E-state index in [-0.39, 0.29) is 0 Å². The van der Waals surface area contributed by atoms with Gasteiger partial charge >= 0.3 is 0 Å². The Hall–Kier alpha value is -1.09. The normalized spacial score (nSPS) is 14.2. The highest BCUT2D eigenvalue weighted by atomic mass is 79.9. The average molecular weight is 224 g/mol. The van der Waals surface area contributed by atoms with Gasteiger partial charge in [-0.25, -0.2) is 0 Å². The third kappa shape index (κ3) is 1.41. The molecule has 0 bridgehead atoms. The number of allylic oxidation sites excluding steroid dienone is 1. The van der Waals surface area contributed by atoms with Gasteiger partial charge in [-0.15, -0.1) is 0 Å². The molecular weight excluding hydrogens is 218 g/mol. The number of nitrogens with zero attached hydrogens (tertiary/aromatic N) is 1. The molecule has 1 heterocycles. The van der Waals surface area contributed by atoms with Crippen molar-refractivity contribution in [3.8, 4) is 5.75 Å². The van der Waals surface area contributed by atoms with Crippen molar-refractivity contribution in [3.63, 3.8) is 0 Å². The van der Waals surface area contributed by atoms with E-state index in [1.807, 2.05) is 36.4 Å². The van der Waals surface area contributed by atoms with Crippen LogP contribution in [0.1, 0.15) is 5.56 Å². The van der Waals surface area contributed by atoms with Gasteiger partial charge in [0.05, 0.1) is 0 Å². The molecule has 0 N–H and O–H groups in total.